The number of esters is 1. The number of ether oxygens (including phenoxy) is 5. The highest BCUT2D eigenvalue weighted by Crippen LogP contribution is 2.32. The minimum Gasteiger partial charge on any atom is -0.463 e. The Morgan fingerprint density at radius 1 is 1.32 bits per heavy atom. The van der Waals surface area contributed by atoms with E-state index >= 15 is 0 Å². The van der Waals surface area contributed by atoms with Crippen LogP contribution in [0, 0.1) is 0 Å². The molecule has 1 aliphatic rings. The second kappa shape index (κ2) is 9.60. The van der Waals surface area contributed by atoms with Crippen LogP contribution in [0.1, 0.15) is 20.8 Å². The van der Waals surface area contributed by atoms with Crippen LogP contribution in [0.2, 0.25) is 0 Å². The monoisotopic (exact) mass is 382 g/mol. The summed E-state index contributed by atoms with van der Waals surface area (Å²) in [6.45, 7) is 5.37. The molecule has 1 heterocycles. The van der Waals surface area contributed by atoms with E-state index < -0.39 is 40.2 Å². The fourth-order valence-electron chi connectivity index (χ4n) is 2.28. The van der Waals surface area contributed by atoms with E-state index in [1.807, 2.05) is 0 Å². The van der Waals surface area contributed by atoms with Crippen molar-refractivity contribution in [1.82, 2.24) is 0 Å². The molecule has 10 heteroatoms. The summed E-state index contributed by atoms with van der Waals surface area (Å²) in [7, 11) is -2.33. The van der Waals surface area contributed by atoms with Gasteiger partial charge in [0.25, 0.3) is 10.1 Å². The number of rotatable bonds is 10. The molecule has 0 bridgehead atoms. The fraction of sp³-hybridized carbons (Fsp3) is 0.800. The second-order valence-corrected chi connectivity index (χ2v) is 7.39. The number of hydrogen-bond acceptors (Lipinski definition) is 9. The van der Waals surface area contributed by atoms with Crippen LogP contribution in [0.4, 0.5) is 0 Å². The standard InChI is InChI=1S/C15H26O9S/c1-6-21-13(16)8-7-11(24-25(5,17)18)14-12(9-20-10-19-4)22-15(2,3)23-14/h7-8,11-12,14H,6,9-10H2,1-5H3/b8-7+/t11-,12-,14+/m1/s1. The van der Waals surface area contributed by atoms with Crippen molar-refractivity contribution in [3.63, 3.8) is 0 Å². The van der Waals surface area contributed by atoms with Gasteiger partial charge in [0.2, 0.25) is 0 Å². The van der Waals surface area contributed by atoms with Crippen LogP contribution < -0.4 is 0 Å². The van der Waals surface area contributed by atoms with Crippen molar-refractivity contribution in [3.05, 3.63) is 12.2 Å². The molecule has 0 N–H and O–H groups in total. The summed E-state index contributed by atoms with van der Waals surface area (Å²) >= 11 is 0. The maximum Gasteiger partial charge on any atom is 0.330 e. The Hall–Kier alpha value is -1.04. The molecule has 0 radical (unpaired) electrons. The number of methoxy groups -OCH3 is 1. The molecule has 146 valence electrons. The zero-order chi connectivity index (χ0) is 19.1. The summed E-state index contributed by atoms with van der Waals surface area (Å²) in [5.74, 6) is -1.59. The van der Waals surface area contributed by atoms with Gasteiger partial charge in [-0.25, -0.2) is 4.79 Å². The lowest BCUT2D eigenvalue weighted by atomic mass is 10.1. The lowest BCUT2D eigenvalue weighted by Crippen LogP contribution is -2.39. The van der Waals surface area contributed by atoms with Crippen LogP contribution >= 0.6 is 0 Å². The van der Waals surface area contributed by atoms with Crippen LogP contribution in [0.25, 0.3) is 0 Å². The molecule has 0 aromatic heterocycles. The normalized spacial score (nSPS) is 24.5. The van der Waals surface area contributed by atoms with E-state index in [9.17, 15) is 13.2 Å². The molecule has 1 fully saturated rings. The van der Waals surface area contributed by atoms with E-state index in [1.54, 1.807) is 20.8 Å². The van der Waals surface area contributed by atoms with Gasteiger partial charge in [-0.3, -0.25) is 4.18 Å². The number of hydrogen-bond donors (Lipinski definition) is 0. The van der Waals surface area contributed by atoms with Crippen molar-refractivity contribution in [1.29, 1.82) is 0 Å². The lowest BCUT2D eigenvalue weighted by Gasteiger charge is -2.23. The fourth-order valence-corrected chi connectivity index (χ4v) is 2.86. The van der Waals surface area contributed by atoms with Crippen molar-refractivity contribution in [2.75, 3.05) is 33.4 Å². The summed E-state index contributed by atoms with van der Waals surface area (Å²) < 4.78 is 54.6. The van der Waals surface area contributed by atoms with Crippen LogP contribution in [0.15, 0.2) is 12.2 Å². The molecule has 0 unspecified atom stereocenters. The Balaban J connectivity index is 2.97. The van der Waals surface area contributed by atoms with Gasteiger partial charge in [0.05, 0.1) is 19.5 Å². The van der Waals surface area contributed by atoms with Crippen LogP contribution in [-0.2, 0) is 42.8 Å². The van der Waals surface area contributed by atoms with Crippen molar-refractivity contribution < 1.29 is 41.1 Å². The van der Waals surface area contributed by atoms with Gasteiger partial charge < -0.3 is 23.7 Å². The molecule has 0 saturated carbocycles. The van der Waals surface area contributed by atoms with Crippen LogP contribution in [0.3, 0.4) is 0 Å². The predicted octanol–water partition coefficient (Wildman–Crippen LogP) is 0.591. The minimum atomic E-state index is -3.81. The third-order valence-electron chi connectivity index (χ3n) is 3.02. The Morgan fingerprint density at radius 3 is 2.56 bits per heavy atom. The zero-order valence-electron chi connectivity index (χ0n) is 15.1. The van der Waals surface area contributed by atoms with Crippen molar-refractivity contribution in [2.24, 2.45) is 0 Å². The molecule has 3 atom stereocenters. The van der Waals surface area contributed by atoms with Crippen molar-refractivity contribution in [2.45, 2.75) is 44.9 Å². The molecule has 0 aliphatic carbocycles. The van der Waals surface area contributed by atoms with Gasteiger partial charge in [-0.1, -0.05) is 0 Å². The van der Waals surface area contributed by atoms with E-state index in [2.05, 4.69) is 0 Å². The average Bonchev–Trinajstić information content (AvgIpc) is 2.78. The third kappa shape index (κ3) is 8.25. The van der Waals surface area contributed by atoms with Crippen molar-refractivity contribution in [3.8, 4) is 0 Å². The summed E-state index contributed by atoms with van der Waals surface area (Å²) in [6.07, 6.45) is 0.766. The lowest BCUT2D eigenvalue weighted by molar-refractivity contribution is -0.157. The predicted molar refractivity (Wildman–Crippen MR) is 87.1 cm³/mol. The third-order valence-corrected chi connectivity index (χ3v) is 3.59. The van der Waals surface area contributed by atoms with Gasteiger partial charge in [0, 0.05) is 13.2 Å². The molecule has 0 aromatic carbocycles. The molecule has 1 aliphatic heterocycles. The van der Waals surface area contributed by atoms with Gasteiger partial charge in [-0.2, -0.15) is 8.42 Å². The van der Waals surface area contributed by atoms with E-state index in [1.165, 1.54) is 13.2 Å². The summed E-state index contributed by atoms with van der Waals surface area (Å²) in [4.78, 5) is 11.5. The summed E-state index contributed by atoms with van der Waals surface area (Å²) in [5.41, 5.74) is 0. The maximum absolute atomic E-state index is 11.6. The second-order valence-electron chi connectivity index (χ2n) is 5.79. The molecule has 9 nitrogen and oxygen atoms in total. The zero-order valence-corrected chi connectivity index (χ0v) is 15.9. The highest BCUT2D eigenvalue weighted by molar-refractivity contribution is 7.86. The van der Waals surface area contributed by atoms with E-state index in [0.29, 0.717) is 0 Å². The molecule has 0 amide bonds. The molecule has 1 rings (SSSR count). The molecule has 1 saturated heterocycles. The Labute approximate surface area is 148 Å². The summed E-state index contributed by atoms with van der Waals surface area (Å²) in [6, 6.07) is 0. The SMILES string of the molecule is CCOC(=O)/C=C/[C@@H](OS(C)(=O)=O)[C@@H]1OC(C)(C)O[C@@H]1COCOC. The highest BCUT2D eigenvalue weighted by Gasteiger charge is 2.46. The Bertz CT molecular complexity index is 555. The van der Waals surface area contributed by atoms with Gasteiger partial charge in [0.15, 0.2) is 5.79 Å². The van der Waals surface area contributed by atoms with Gasteiger partial charge >= 0.3 is 5.97 Å². The Kier molecular flexibility index (Phi) is 8.45. The average molecular weight is 382 g/mol. The van der Waals surface area contributed by atoms with Crippen molar-refractivity contribution >= 4 is 16.1 Å². The van der Waals surface area contributed by atoms with E-state index in [-0.39, 0.29) is 20.0 Å². The molecule has 0 aromatic rings. The first-order chi connectivity index (χ1) is 11.6. The maximum atomic E-state index is 11.6. The van der Waals surface area contributed by atoms with E-state index in [0.717, 1.165) is 12.3 Å². The minimum absolute atomic E-state index is 0.0449. The van der Waals surface area contributed by atoms with Gasteiger partial charge in [0.1, 0.15) is 25.1 Å². The first-order valence-corrected chi connectivity index (χ1v) is 9.55. The number of carbonyl (C=O) groups is 1. The Morgan fingerprint density at radius 2 is 2.00 bits per heavy atom. The molecule has 0 spiro atoms. The first kappa shape index (κ1) is 22.0. The first-order valence-electron chi connectivity index (χ1n) is 7.73. The highest BCUT2D eigenvalue weighted by atomic mass is 32.2. The summed E-state index contributed by atoms with van der Waals surface area (Å²) in [5, 5.41) is 0. The number of carbonyl (C=O) groups excluding carboxylic acids is 1. The van der Waals surface area contributed by atoms with Crippen LogP contribution in [-0.4, -0.2) is 71.9 Å². The largest absolute Gasteiger partial charge is 0.463 e. The van der Waals surface area contributed by atoms with Gasteiger partial charge in [-0.15, -0.1) is 0 Å². The van der Waals surface area contributed by atoms with E-state index in [4.69, 9.17) is 27.9 Å². The molecular weight excluding hydrogens is 356 g/mol. The topological polar surface area (TPSA) is 107 Å². The molecule has 25 heavy (non-hydrogen) atoms. The van der Waals surface area contributed by atoms with Gasteiger partial charge in [-0.05, 0) is 26.8 Å². The quantitative estimate of drug-likeness (QED) is 0.176. The van der Waals surface area contributed by atoms with Crippen LogP contribution in [0.5, 0.6) is 0 Å². The smallest absolute Gasteiger partial charge is 0.330 e. The molecular formula is C15H26O9S.